The normalized spacial score (nSPS) is 11.8. The minimum atomic E-state index is -0.944. The standard InChI is InChI=1S/C37H66O9/c1-3-5-7-9-11-13-15-17-19-21-23-25-34(39)44-31-33(32-45-36(41)28-27-35(40)43-30-29-38)46-37(42)26-24-22-20-18-16-14-12-10-8-6-4-2/h27-28,33,38H,3-26,29-32H2,1-2H3/b28-27+. The molecule has 0 aromatic carbocycles. The largest absolute Gasteiger partial charge is 0.462 e. The molecular formula is C37H66O9. The molecule has 0 aromatic heterocycles. The van der Waals surface area contributed by atoms with E-state index in [-0.39, 0.29) is 45.2 Å². The van der Waals surface area contributed by atoms with Crippen LogP contribution in [0.3, 0.4) is 0 Å². The van der Waals surface area contributed by atoms with Gasteiger partial charge in [0.2, 0.25) is 0 Å². The lowest BCUT2D eigenvalue weighted by molar-refractivity contribution is -0.165. The fourth-order valence-electron chi connectivity index (χ4n) is 5.04. The molecule has 1 unspecified atom stereocenters. The summed E-state index contributed by atoms with van der Waals surface area (Å²) in [5.74, 6) is -2.43. The number of esters is 4. The number of aliphatic hydroxyl groups is 1. The Kier molecular flexibility index (Phi) is 32.1. The second kappa shape index (κ2) is 33.9. The summed E-state index contributed by atoms with van der Waals surface area (Å²) in [4.78, 5) is 48.4. The number of unbranched alkanes of at least 4 members (excludes halogenated alkanes) is 20. The first-order chi connectivity index (χ1) is 22.4. The van der Waals surface area contributed by atoms with E-state index in [2.05, 4.69) is 18.6 Å². The van der Waals surface area contributed by atoms with Gasteiger partial charge in [-0.2, -0.15) is 0 Å². The molecule has 0 aliphatic carbocycles. The lowest BCUT2D eigenvalue weighted by Crippen LogP contribution is -2.30. The number of hydrogen-bond acceptors (Lipinski definition) is 9. The molecule has 1 atom stereocenters. The van der Waals surface area contributed by atoms with Crippen LogP contribution in [-0.2, 0) is 38.1 Å². The van der Waals surface area contributed by atoms with E-state index in [0.717, 1.165) is 50.7 Å². The van der Waals surface area contributed by atoms with Crippen molar-refractivity contribution in [2.24, 2.45) is 0 Å². The average Bonchev–Trinajstić information content (AvgIpc) is 3.05. The summed E-state index contributed by atoms with van der Waals surface area (Å²) < 4.78 is 20.6. The second-order valence-electron chi connectivity index (χ2n) is 12.2. The van der Waals surface area contributed by atoms with Gasteiger partial charge in [-0.05, 0) is 12.8 Å². The Bertz CT molecular complexity index is 781. The molecule has 0 amide bonds. The van der Waals surface area contributed by atoms with Crippen LogP contribution in [0.15, 0.2) is 12.2 Å². The lowest BCUT2D eigenvalue weighted by Gasteiger charge is -2.18. The van der Waals surface area contributed by atoms with Gasteiger partial charge in [-0.25, -0.2) is 9.59 Å². The topological polar surface area (TPSA) is 125 Å². The van der Waals surface area contributed by atoms with Gasteiger partial charge in [0.25, 0.3) is 0 Å². The van der Waals surface area contributed by atoms with Crippen LogP contribution in [0.5, 0.6) is 0 Å². The summed E-state index contributed by atoms with van der Waals surface area (Å²) in [6, 6.07) is 0. The third-order valence-electron chi connectivity index (χ3n) is 7.80. The zero-order chi connectivity index (χ0) is 33.9. The van der Waals surface area contributed by atoms with Crippen LogP contribution in [0.25, 0.3) is 0 Å². The summed E-state index contributed by atoms with van der Waals surface area (Å²) in [5.41, 5.74) is 0. The number of carbonyl (C=O) groups is 4. The minimum absolute atomic E-state index is 0.181. The van der Waals surface area contributed by atoms with E-state index >= 15 is 0 Å². The number of aliphatic hydroxyl groups excluding tert-OH is 1. The molecule has 0 aliphatic rings. The Hall–Kier alpha value is -2.42. The molecule has 9 nitrogen and oxygen atoms in total. The molecule has 0 heterocycles. The molecule has 0 saturated carbocycles. The predicted molar refractivity (Wildman–Crippen MR) is 181 cm³/mol. The van der Waals surface area contributed by atoms with E-state index in [1.807, 2.05) is 0 Å². The molecule has 0 bridgehead atoms. The lowest BCUT2D eigenvalue weighted by atomic mass is 10.1. The molecular weight excluding hydrogens is 588 g/mol. The smallest absolute Gasteiger partial charge is 0.331 e. The van der Waals surface area contributed by atoms with E-state index in [0.29, 0.717) is 6.42 Å². The minimum Gasteiger partial charge on any atom is -0.462 e. The molecule has 0 aromatic rings. The summed E-state index contributed by atoms with van der Waals surface area (Å²) in [5, 5.41) is 8.70. The average molecular weight is 655 g/mol. The number of carbonyl (C=O) groups excluding carboxylic acids is 4. The van der Waals surface area contributed by atoms with Gasteiger partial charge in [0.15, 0.2) is 6.10 Å². The Morgan fingerprint density at radius 3 is 1.30 bits per heavy atom. The molecule has 0 fully saturated rings. The van der Waals surface area contributed by atoms with Crippen LogP contribution in [0.4, 0.5) is 0 Å². The number of hydrogen-bond donors (Lipinski definition) is 1. The number of rotatable bonds is 33. The maximum Gasteiger partial charge on any atom is 0.331 e. The van der Waals surface area contributed by atoms with E-state index in [4.69, 9.17) is 19.3 Å². The van der Waals surface area contributed by atoms with Crippen molar-refractivity contribution in [3.63, 3.8) is 0 Å². The van der Waals surface area contributed by atoms with Gasteiger partial charge in [-0.1, -0.05) is 142 Å². The highest BCUT2D eigenvalue weighted by Gasteiger charge is 2.19. The SMILES string of the molecule is CCCCCCCCCCCCCC(=O)OCC(COC(=O)/C=C/C(=O)OCCO)OC(=O)CCCCCCCCCCCCC. The molecule has 268 valence electrons. The van der Waals surface area contributed by atoms with Crippen LogP contribution in [0.1, 0.15) is 168 Å². The van der Waals surface area contributed by atoms with Gasteiger partial charge in [0.05, 0.1) is 6.61 Å². The van der Waals surface area contributed by atoms with Crippen LogP contribution in [-0.4, -0.2) is 61.5 Å². The third-order valence-corrected chi connectivity index (χ3v) is 7.80. The maximum absolute atomic E-state index is 12.5. The van der Waals surface area contributed by atoms with Crippen molar-refractivity contribution >= 4 is 23.9 Å². The third kappa shape index (κ3) is 31.6. The van der Waals surface area contributed by atoms with Crippen molar-refractivity contribution in [3.05, 3.63) is 12.2 Å². The summed E-state index contributed by atoms with van der Waals surface area (Å²) in [6.07, 6.45) is 27.3. The summed E-state index contributed by atoms with van der Waals surface area (Å²) in [6.45, 7) is 3.42. The van der Waals surface area contributed by atoms with E-state index in [1.165, 1.54) is 96.3 Å². The fraction of sp³-hybridized carbons (Fsp3) is 0.838. The molecule has 0 saturated heterocycles. The van der Waals surface area contributed by atoms with Crippen molar-refractivity contribution < 1.29 is 43.2 Å². The maximum atomic E-state index is 12.5. The van der Waals surface area contributed by atoms with Gasteiger partial charge in [0, 0.05) is 25.0 Å². The molecule has 0 spiro atoms. The zero-order valence-electron chi connectivity index (χ0n) is 29.2. The number of ether oxygens (including phenoxy) is 4. The van der Waals surface area contributed by atoms with Crippen LogP contribution in [0, 0.1) is 0 Å². The molecule has 0 rings (SSSR count). The highest BCUT2D eigenvalue weighted by atomic mass is 16.6. The first-order valence-corrected chi connectivity index (χ1v) is 18.4. The van der Waals surface area contributed by atoms with E-state index in [9.17, 15) is 19.2 Å². The van der Waals surface area contributed by atoms with Crippen molar-refractivity contribution in [2.75, 3.05) is 26.4 Å². The zero-order valence-corrected chi connectivity index (χ0v) is 29.2. The van der Waals surface area contributed by atoms with Gasteiger partial charge >= 0.3 is 23.9 Å². The van der Waals surface area contributed by atoms with Crippen LogP contribution >= 0.6 is 0 Å². The first-order valence-electron chi connectivity index (χ1n) is 18.4. The monoisotopic (exact) mass is 654 g/mol. The molecule has 0 aliphatic heterocycles. The quantitative estimate of drug-likeness (QED) is 0.0321. The van der Waals surface area contributed by atoms with Crippen molar-refractivity contribution in [1.82, 2.24) is 0 Å². The second-order valence-corrected chi connectivity index (χ2v) is 12.2. The molecule has 9 heteroatoms. The van der Waals surface area contributed by atoms with Crippen molar-refractivity contribution in [1.29, 1.82) is 0 Å². The van der Waals surface area contributed by atoms with Crippen molar-refractivity contribution in [3.8, 4) is 0 Å². The van der Waals surface area contributed by atoms with Gasteiger partial charge in [-0.3, -0.25) is 9.59 Å². The van der Waals surface area contributed by atoms with Gasteiger partial charge < -0.3 is 24.1 Å². The molecule has 1 N–H and O–H groups in total. The fourth-order valence-corrected chi connectivity index (χ4v) is 5.04. The van der Waals surface area contributed by atoms with Crippen molar-refractivity contribution in [2.45, 2.75) is 174 Å². The van der Waals surface area contributed by atoms with Crippen LogP contribution < -0.4 is 0 Å². The van der Waals surface area contributed by atoms with Gasteiger partial charge in [-0.15, -0.1) is 0 Å². The predicted octanol–water partition coefficient (Wildman–Crippen LogP) is 8.48. The Morgan fingerprint density at radius 1 is 0.500 bits per heavy atom. The summed E-state index contributed by atoms with van der Waals surface area (Å²) in [7, 11) is 0. The summed E-state index contributed by atoms with van der Waals surface area (Å²) >= 11 is 0. The Labute approximate surface area is 279 Å². The highest BCUT2D eigenvalue weighted by Crippen LogP contribution is 2.14. The first kappa shape index (κ1) is 43.6. The molecule has 0 radical (unpaired) electrons. The van der Waals surface area contributed by atoms with E-state index in [1.54, 1.807) is 0 Å². The van der Waals surface area contributed by atoms with Crippen LogP contribution in [0.2, 0.25) is 0 Å². The van der Waals surface area contributed by atoms with E-state index < -0.39 is 24.0 Å². The molecule has 46 heavy (non-hydrogen) atoms. The highest BCUT2D eigenvalue weighted by molar-refractivity contribution is 5.91. The Balaban J connectivity index is 4.40. The van der Waals surface area contributed by atoms with Gasteiger partial charge in [0.1, 0.15) is 19.8 Å². The Morgan fingerprint density at radius 2 is 0.870 bits per heavy atom.